The number of hydrogen-bond acceptors (Lipinski definition) is 3. The SMILES string of the molecule is O=C(CC1CCCN1)NCC1(CCO)CC1. The highest BCUT2D eigenvalue weighted by Gasteiger charge is 2.41. The lowest BCUT2D eigenvalue weighted by molar-refractivity contribution is -0.121. The summed E-state index contributed by atoms with van der Waals surface area (Å²) >= 11 is 0. The highest BCUT2D eigenvalue weighted by atomic mass is 16.3. The molecule has 1 atom stereocenters. The van der Waals surface area contributed by atoms with Crippen molar-refractivity contribution in [2.75, 3.05) is 19.7 Å². The zero-order valence-corrected chi connectivity index (χ0v) is 9.80. The first-order valence-electron chi connectivity index (χ1n) is 6.35. The van der Waals surface area contributed by atoms with Crippen LogP contribution < -0.4 is 10.6 Å². The molecular weight excluding hydrogens is 204 g/mol. The Bertz CT molecular complexity index is 245. The largest absolute Gasteiger partial charge is 0.396 e. The standard InChI is InChI=1S/C12H22N2O2/c15-7-5-12(3-4-12)9-14-11(16)8-10-2-1-6-13-10/h10,13,15H,1-9H2,(H,14,16). The second kappa shape index (κ2) is 5.15. The second-order valence-corrected chi connectivity index (χ2v) is 5.25. The predicted octanol–water partition coefficient (Wildman–Crippen LogP) is 0.407. The molecule has 1 heterocycles. The van der Waals surface area contributed by atoms with Crippen LogP contribution in [0, 0.1) is 5.41 Å². The van der Waals surface area contributed by atoms with Crippen molar-refractivity contribution < 1.29 is 9.90 Å². The van der Waals surface area contributed by atoms with Crippen LogP contribution in [0.15, 0.2) is 0 Å². The van der Waals surface area contributed by atoms with E-state index in [2.05, 4.69) is 10.6 Å². The zero-order valence-electron chi connectivity index (χ0n) is 9.80. The van der Waals surface area contributed by atoms with Crippen LogP contribution in [0.25, 0.3) is 0 Å². The van der Waals surface area contributed by atoms with Crippen LogP contribution in [0.1, 0.15) is 38.5 Å². The third-order valence-electron chi connectivity index (χ3n) is 3.85. The Labute approximate surface area is 96.8 Å². The van der Waals surface area contributed by atoms with Gasteiger partial charge in [-0.25, -0.2) is 0 Å². The Kier molecular flexibility index (Phi) is 3.82. The molecule has 1 unspecified atom stereocenters. The van der Waals surface area contributed by atoms with Gasteiger partial charge in [0.15, 0.2) is 0 Å². The third-order valence-corrected chi connectivity index (χ3v) is 3.85. The molecule has 1 aliphatic heterocycles. The molecule has 0 aromatic rings. The molecular formula is C12H22N2O2. The van der Waals surface area contributed by atoms with E-state index < -0.39 is 0 Å². The molecule has 3 N–H and O–H groups in total. The Morgan fingerprint density at radius 1 is 1.50 bits per heavy atom. The molecule has 1 amide bonds. The fraction of sp³-hybridized carbons (Fsp3) is 0.917. The molecule has 0 radical (unpaired) electrons. The zero-order chi connectivity index (χ0) is 11.4. The van der Waals surface area contributed by atoms with Crippen molar-refractivity contribution in [1.82, 2.24) is 10.6 Å². The monoisotopic (exact) mass is 226 g/mol. The topological polar surface area (TPSA) is 61.4 Å². The maximum absolute atomic E-state index is 11.7. The first-order valence-corrected chi connectivity index (χ1v) is 6.35. The number of amides is 1. The summed E-state index contributed by atoms with van der Waals surface area (Å²) in [4.78, 5) is 11.7. The maximum Gasteiger partial charge on any atom is 0.221 e. The number of rotatable bonds is 6. The first-order chi connectivity index (χ1) is 7.74. The van der Waals surface area contributed by atoms with Crippen molar-refractivity contribution in [3.05, 3.63) is 0 Å². The van der Waals surface area contributed by atoms with Crippen LogP contribution in [0.4, 0.5) is 0 Å². The fourth-order valence-electron chi connectivity index (χ4n) is 2.44. The lowest BCUT2D eigenvalue weighted by Crippen LogP contribution is -2.35. The van der Waals surface area contributed by atoms with E-state index in [0.717, 1.165) is 38.8 Å². The van der Waals surface area contributed by atoms with Crippen molar-refractivity contribution >= 4 is 5.91 Å². The molecule has 16 heavy (non-hydrogen) atoms. The molecule has 2 aliphatic rings. The average molecular weight is 226 g/mol. The summed E-state index contributed by atoms with van der Waals surface area (Å²) in [5, 5.41) is 15.2. The highest BCUT2D eigenvalue weighted by molar-refractivity contribution is 5.76. The minimum Gasteiger partial charge on any atom is -0.396 e. The van der Waals surface area contributed by atoms with Gasteiger partial charge in [0, 0.05) is 25.6 Å². The quantitative estimate of drug-likeness (QED) is 0.614. The number of hydrogen-bond donors (Lipinski definition) is 3. The van der Waals surface area contributed by atoms with Gasteiger partial charge in [0.1, 0.15) is 0 Å². The van der Waals surface area contributed by atoms with Gasteiger partial charge in [0.05, 0.1) is 0 Å². The van der Waals surface area contributed by atoms with E-state index in [1.165, 1.54) is 6.42 Å². The molecule has 1 aliphatic carbocycles. The lowest BCUT2D eigenvalue weighted by Gasteiger charge is -2.16. The second-order valence-electron chi connectivity index (χ2n) is 5.25. The van der Waals surface area contributed by atoms with E-state index in [9.17, 15) is 4.79 Å². The van der Waals surface area contributed by atoms with E-state index in [0.29, 0.717) is 12.5 Å². The van der Waals surface area contributed by atoms with Gasteiger partial charge >= 0.3 is 0 Å². The molecule has 0 aromatic heterocycles. The molecule has 0 aromatic carbocycles. The minimum absolute atomic E-state index is 0.156. The number of aliphatic hydroxyl groups excluding tert-OH is 1. The van der Waals surface area contributed by atoms with E-state index >= 15 is 0 Å². The van der Waals surface area contributed by atoms with Crippen LogP contribution in [-0.2, 0) is 4.79 Å². The van der Waals surface area contributed by atoms with Crippen molar-refractivity contribution in [2.24, 2.45) is 5.41 Å². The van der Waals surface area contributed by atoms with Crippen LogP contribution in [0.2, 0.25) is 0 Å². The first kappa shape index (κ1) is 11.9. The Balaban J connectivity index is 1.63. The minimum atomic E-state index is 0.156. The summed E-state index contributed by atoms with van der Waals surface area (Å²) in [7, 11) is 0. The molecule has 0 bridgehead atoms. The van der Waals surface area contributed by atoms with Crippen molar-refractivity contribution in [2.45, 2.75) is 44.6 Å². The number of carbonyl (C=O) groups excluding carboxylic acids is 1. The van der Waals surface area contributed by atoms with Gasteiger partial charge < -0.3 is 15.7 Å². The van der Waals surface area contributed by atoms with E-state index in [1.807, 2.05) is 0 Å². The van der Waals surface area contributed by atoms with Gasteiger partial charge in [-0.1, -0.05) is 0 Å². The van der Waals surface area contributed by atoms with Crippen LogP contribution in [0.5, 0.6) is 0 Å². The maximum atomic E-state index is 11.7. The highest BCUT2D eigenvalue weighted by Crippen LogP contribution is 2.47. The van der Waals surface area contributed by atoms with Gasteiger partial charge in [-0.2, -0.15) is 0 Å². The summed E-state index contributed by atoms with van der Waals surface area (Å²) in [6.07, 6.45) is 6.04. The van der Waals surface area contributed by atoms with Crippen molar-refractivity contribution in [3.8, 4) is 0 Å². The van der Waals surface area contributed by atoms with Crippen molar-refractivity contribution in [1.29, 1.82) is 0 Å². The molecule has 92 valence electrons. The summed E-state index contributed by atoms with van der Waals surface area (Å²) in [5.74, 6) is 0.156. The van der Waals surface area contributed by atoms with Crippen molar-refractivity contribution in [3.63, 3.8) is 0 Å². The summed E-state index contributed by atoms with van der Waals surface area (Å²) in [6, 6.07) is 0.382. The van der Waals surface area contributed by atoms with E-state index in [1.54, 1.807) is 0 Å². The molecule has 4 nitrogen and oxygen atoms in total. The molecule has 1 saturated heterocycles. The van der Waals surface area contributed by atoms with Gasteiger partial charge in [0.2, 0.25) is 5.91 Å². The van der Waals surface area contributed by atoms with Gasteiger partial charge in [0.25, 0.3) is 0 Å². The van der Waals surface area contributed by atoms with Gasteiger partial charge in [-0.3, -0.25) is 4.79 Å². The smallest absolute Gasteiger partial charge is 0.221 e. The normalized spacial score (nSPS) is 26.7. The summed E-state index contributed by atoms with van der Waals surface area (Å²) in [5.41, 5.74) is 0.230. The van der Waals surface area contributed by atoms with Crippen LogP contribution in [-0.4, -0.2) is 36.8 Å². The Morgan fingerprint density at radius 2 is 2.31 bits per heavy atom. The summed E-state index contributed by atoms with van der Waals surface area (Å²) in [6.45, 7) is 2.03. The molecule has 0 spiro atoms. The van der Waals surface area contributed by atoms with Crippen LogP contribution in [0.3, 0.4) is 0 Å². The van der Waals surface area contributed by atoms with E-state index in [4.69, 9.17) is 5.11 Å². The third kappa shape index (κ3) is 3.19. The fourth-order valence-corrected chi connectivity index (χ4v) is 2.44. The number of aliphatic hydroxyl groups is 1. The van der Waals surface area contributed by atoms with Gasteiger partial charge in [-0.15, -0.1) is 0 Å². The molecule has 2 rings (SSSR count). The summed E-state index contributed by atoms with van der Waals surface area (Å²) < 4.78 is 0. The van der Waals surface area contributed by atoms with E-state index in [-0.39, 0.29) is 17.9 Å². The predicted molar refractivity (Wildman–Crippen MR) is 62.0 cm³/mol. The average Bonchev–Trinajstić information content (AvgIpc) is 2.83. The van der Waals surface area contributed by atoms with Crippen LogP contribution >= 0.6 is 0 Å². The number of carbonyl (C=O) groups is 1. The Morgan fingerprint density at radius 3 is 2.88 bits per heavy atom. The molecule has 1 saturated carbocycles. The lowest BCUT2D eigenvalue weighted by atomic mass is 10.0. The van der Waals surface area contributed by atoms with Gasteiger partial charge in [-0.05, 0) is 44.1 Å². The molecule has 2 fully saturated rings. The Hall–Kier alpha value is -0.610. The number of nitrogens with one attached hydrogen (secondary N) is 2. The molecule has 4 heteroatoms.